The summed E-state index contributed by atoms with van der Waals surface area (Å²) in [6.07, 6.45) is -10.4. The van der Waals surface area contributed by atoms with Gasteiger partial charge in [-0.15, -0.1) is 0 Å². The molecule has 0 heterocycles. The van der Waals surface area contributed by atoms with Crippen LogP contribution in [-0.4, -0.2) is 48.9 Å². The lowest BCUT2D eigenvalue weighted by Crippen LogP contribution is -2.55. The number of carbonyl (C=O) groups is 2. The van der Waals surface area contributed by atoms with E-state index in [-0.39, 0.29) is 30.4 Å². The van der Waals surface area contributed by atoms with Crippen molar-refractivity contribution in [3.63, 3.8) is 0 Å². The van der Waals surface area contributed by atoms with E-state index in [0.717, 1.165) is 24.3 Å². The summed E-state index contributed by atoms with van der Waals surface area (Å²) in [5.41, 5.74) is -1.30. The van der Waals surface area contributed by atoms with Crippen molar-refractivity contribution < 1.29 is 50.5 Å². The number of hydrogen-bond donors (Lipinski definition) is 3. The molecule has 2 amide bonds. The first-order valence-electron chi connectivity index (χ1n) is 13.1. The van der Waals surface area contributed by atoms with Crippen LogP contribution in [0.1, 0.15) is 29.5 Å². The summed E-state index contributed by atoms with van der Waals surface area (Å²) in [4.78, 5) is 25.5. The highest BCUT2D eigenvalue weighted by atomic mass is 19.3. The van der Waals surface area contributed by atoms with Gasteiger partial charge in [-0.1, -0.05) is 42.5 Å². The first-order valence-corrected chi connectivity index (χ1v) is 13.1. The zero-order valence-electron chi connectivity index (χ0n) is 22.7. The maximum absolute atomic E-state index is 14.9. The predicted molar refractivity (Wildman–Crippen MR) is 142 cm³/mol. The molecule has 1 saturated carbocycles. The van der Waals surface area contributed by atoms with Crippen LogP contribution in [0, 0.1) is 17.6 Å². The molecule has 4 rings (SSSR count). The van der Waals surface area contributed by atoms with E-state index in [1.54, 1.807) is 30.3 Å². The number of rotatable bonds is 10. The fraction of sp³-hybridized carbons (Fsp3) is 0.333. The first-order chi connectivity index (χ1) is 20.3. The van der Waals surface area contributed by atoms with E-state index in [2.05, 4.69) is 15.4 Å². The van der Waals surface area contributed by atoms with Crippen molar-refractivity contribution in [3.05, 3.63) is 101 Å². The van der Waals surface area contributed by atoms with Crippen LogP contribution in [0.4, 0.5) is 31.1 Å². The monoisotopic (exact) mass is 610 g/mol. The van der Waals surface area contributed by atoms with Crippen LogP contribution >= 0.6 is 0 Å². The Kier molecular flexibility index (Phi) is 9.53. The summed E-state index contributed by atoms with van der Waals surface area (Å²) < 4.78 is 91.3. The van der Waals surface area contributed by atoms with Gasteiger partial charge in [-0.05, 0) is 53.8 Å². The Balaban J connectivity index is 1.81. The molecule has 4 atom stereocenters. The van der Waals surface area contributed by atoms with Crippen molar-refractivity contribution >= 4 is 12.0 Å². The van der Waals surface area contributed by atoms with Crippen molar-refractivity contribution in [2.45, 2.75) is 49.5 Å². The molecular formula is C30H28F6N2O5. The van der Waals surface area contributed by atoms with Crippen molar-refractivity contribution in [2.24, 2.45) is 5.92 Å². The van der Waals surface area contributed by atoms with Crippen molar-refractivity contribution in [2.75, 3.05) is 7.11 Å². The predicted octanol–water partition coefficient (Wildman–Crippen LogP) is 5.30. The van der Waals surface area contributed by atoms with Crippen LogP contribution < -0.4 is 15.4 Å². The second-order valence-electron chi connectivity index (χ2n) is 10.2. The number of halogens is 6. The number of methoxy groups -OCH3 is 1. The fourth-order valence-corrected chi connectivity index (χ4v) is 5.19. The summed E-state index contributed by atoms with van der Waals surface area (Å²) in [6, 6.07) is 13.6. The molecule has 0 aromatic heterocycles. The Morgan fingerprint density at radius 3 is 2.26 bits per heavy atom. The number of benzene rings is 3. The number of alkyl halides is 4. The summed E-state index contributed by atoms with van der Waals surface area (Å²) in [5, 5.41) is 15.8. The van der Waals surface area contributed by atoms with Gasteiger partial charge in [0.25, 0.3) is 0 Å². The van der Waals surface area contributed by atoms with Gasteiger partial charge in [0.2, 0.25) is 0 Å². The largest absolute Gasteiger partial charge is 0.469 e. The van der Waals surface area contributed by atoms with Gasteiger partial charge in [-0.3, -0.25) is 4.79 Å². The Morgan fingerprint density at radius 2 is 1.63 bits per heavy atom. The van der Waals surface area contributed by atoms with Gasteiger partial charge in [0.15, 0.2) is 0 Å². The Hall–Kier alpha value is -4.26. The van der Waals surface area contributed by atoms with E-state index in [1.165, 1.54) is 19.2 Å². The SMILES string of the molecule is COC(=O)[C@@H]1C[C@@H](O)[C@H](NC(=O)N[C@](Cc2ccccc2)(c2ccc(F)cc2)c2cc(F)cc(OC(F)(F)C(F)F)c2)C1. The molecule has 3 aromatic rings. The standard InChI is InChI=1S/C30H28F6N2O5/c1-42-26(40)18-11-24(25(39)12-18)37-28(41)38-29(16-17-5-3-2-4-6-17,19-7-9-21(31)10-8-19)20-13-22(32)15-23(14-20)43-30(35,36)27(33)34/h2-10,13-15,18,24-25,27,39H,11-12,16H2,1H3,(H2,37,38,41)/t18-,24+,25+,29+/m0/s1. The number of amides is 2. The minimum atomic E-state index is -4.96. The molecule has 1 fully saturated rings. The number of urea groups is 1. The van der Waals surface area contributed by atoms with Crippen LogP contribution in [-0.2, 0) is 21.5 Å². The van der Waals surface area contributed by atoms with Crippen LogP contribution in [0.2, 0.25) is 0 Å². The summed E-state index contributed by atoms with van der Waals surface area (Å²) in [5.74, 6) is -4.00. The van der Waals surface area contributed by atoms with E-state index in [9.17, 15) is 41.0 Å². The van der Waals surface area contributed by atoms with E-state index in [0.29, 0.717) is 11.6 Å². The molecule has 230 valence electrons. The van der Waals surface area contributed by atoms with Gasteiger partial charge < -0.3 is 25.2 Å². The maximum Gasteiger partial charge on any atom is 0.461 e. The molecule has 1 aliphatic carbocycles. The topological polar surface area (TPSA) is 96.9 Å². The highest BCUT2D eigenvalue weighted by molar-refractivity contribution is 5.77. The highest BCUT2D eigenvalue weighted by Gasteiger charge is 2.45. The zero-order valence-corrected chi connectivity index (χ0v) is 22.7. The number of hydrogen-bond acceptors (Lipinski definition) is 5. The Labute approximate surface area is 242 Å². The van der Waals surface area contributed by atoms with Crippen LogP contribution in [0.15, 0.2) is 72.8 Å². The first kappa shape index (κ1) is 31.7. The zero-order chi connectivity index (χ0) is 31.4. The van der Waals surface area contributed by atoms with Crippen molar-refractivity contribution in [1.29, 1.82) is 0 Å². The molecule has 0 saturated heterocycles. The lowest BCUT2D eigenvalue weighted by Gasteiger charge is -2.37. The molecule has 1 aliphatic rings. The molecule has 0 bridgehead atoms. The number of aliphatic hydroxyl groups excluding tert-OH is 1. The Bertz CT molecular complexity index is 1430. The molecule has 0 aliphatic heterocycles. The third-order valence-corrected chi connectivity index (χ3v) is 7.23. The number of ether oxygens (including phenoxy) is 2. The summed E-state index contributed by atoms with van der Waals surface area (Å²) in [6.45, 7) is 0. The molecule has 0 unspecified atom stereocenters. The average Bonchev–Trinajstić information content (AvgIpc) is 3.32. The highest BCUT2D eigenvalue weighted by Crippen LogP contribution is 2.38. The molecule has 13 heteroatoms. The lowest BCUT2D eigenvalue weighted by molar-refractivity contribution is -0.253. The van der Waals surface area contributed by atoms with Gasteiger partial charge >= 0.3 is 24.5 Å². The molecule has 3 aromatic carbocycles. The fourth-order valence-electron chi connectivity index (χ4n) is 5.19. The molecule has 0 radical (unpaired) electrons. The quantitative estimate of drug-likeness (QED) is 0.214. The lowest BCUT2D eigenvalue weighted by atomic mass is 9.77. The smallest absolute Gasteiger partial charge is 0.461 e. The normalized spacial score (nSPS) is 19.9. The maximum atomic E-state index is 14.9. The van der Waals surface area contributed by atoms with Crippen molar-refractivity contribution in [3.8, 4) is 5.75 Å². The second kappa shape index (κ2) is 12.9. The second-order valence-corrected chi connectivity index (χ2v) is 10.2. The number of esters is 1. The minimum Gasteiger partial charge on any atom is -0.469 e. The van der Waals surface area contributed by atoms with Gasteiger partial charge in [0, 0.05) is 12.5 Å². The third kappa shape index (κ3) is 7.39. The summed E-state index contributed by atoms with van der Waals surface area (Å²) in [7, 11) is 1.19. The van der Waals surface area contributed by atoms with Gasteiger partial charge in [-0.25, -0.2) is 13.6 Å². The third-order valence-electron chi connectivity index (χ3n) is 7.23. The Morgan fingerprint density at radius 1 is 0.953 bits per heavy atom. The van der Waals surface area contributed by atoms with E-state index in [4.69, 9.17) is 4.74 Å². The number of carbonyl (C=O) groups excluding carboxylic acids is 2. The van der Waals surface area contributed by atoms with Crippen LogP contribution in [0.25, 0.3) is 0 Å². The van der Waals surface area contributed by atoms with Crippen LogP contribution in [0.3, 0.4) is 0 Å². The van der Waals surface area contributed by atoms with Gasteiger partial charge in [-0.2, -0.15) is 17.6 Å². The molecule has 0 spiro atoms. The number of aliphatic hydroxyl groups is 1. The molecular weight excluding hydrogens is 582 g/mol. The number of nitrogens with one attached hydrogen (secondary N) is 2. The molecule has 43 heavy (non-hydrogen) atoms. The van der Waals surface area contributed by atoms with Crippen LogP contribution in [0.5, 0.6) is 5.75 Å². The summed E-state index contributed by atoms with van der Waals surface area (Å²) >= 11 is 0. The van der Waals surface area contributed by atoms with E-state index >= 15 is 0 Å². The van der Waals surface area contributed by atoms with E-state index in [1.807, 2.05) is 0 Å². The minimum absolute atomic E-state index is 0.0215. The molecule has 3 N–H and O–H groups in total. The van der Waals surface area contributed by atoms with Crippen molar-refractivity contribution in [1.82, 2.24) is 10.6 Å². The molecule has 7 nitrogen and oxygen atoms in total. The van der Waals surface area contributed by atoms with Gasteiger partial charge in [0.05, 0.1) is 30.7 Å². The van der Waals surface area contributed by atoms with E-state index < -0.39 is 65.5 Å². The average molecular weight is 611 g/mol. The van der Waals surface area contributed by atoms with Gasteiger partial charge in [0.1, 0.15) is 17.4 Å².